The summed E-state index contributed by atoms with van der Waals surface area (Å²) < 4.78 is 0. The van der Waals surface area contributed by atoms with Crippen LogP contribution in [0.1, 0.15) is 17.3 Å². The zero-order valence-corrected chi connectivity index (χ0v) is 9.04. The Balaban J connectivity index is 2.52. The number of benzene rings is 1. The summed E-state index contributed by atoms with van der Waals surface area (Å²) in [7, 11) is 0. The van der Waals surface area contributed by atoms with Crippen LogP contribution in [0.5, 0.6) is 5.75 Å². The van der Waals surface area contributed by atoms with Crippen LogP contribution in [0, 0.1) is 0 Å². The standard InChI is InChI=1S/C12H10O2S/c1-8(13)10-7-9(4-5-11(10)14)12-3-2-6-15-12/h2-7,14H,1H3. The molecule has 0 saturated carbocycles. The molecule has 0 spiro atoms. The molecular weight excluding hydrogens is 208 g/mol. The second kappa shape index (κ2) is 3.87. The summed E-state index contributed by atoms with van der Waals surface area (Å²) in [6.07, 6.45) is 0. The molecule has 1 heterocycles. The molecule has 0 radical (unpaired) electrons. The molecule has 3 heteroatoms. The summed E-state index contributed by atoms with van der Waals surface area (Å²) in [5.74, 6) is -0.0753. The number of phenols is 1. The van der Waals surface area contributed by atoms with E-state index in [0.29, 0.717) is 5.56 Å². The van der Waals surface area contributed by atoms with E-state index in [2.05, 4.69) is 0 Å². The van der Waals surface area contributed by atoms with E-state index in [-0.39, 0.29) is 11.5 Å². The molecule has 0 saturated heterocycles. The summed E-state index contributed by atoms with van der Waals surface area (Å²) >= 11 is 1.61. The quantitative estimate of drug-likeness (QED) is 0.785. The van der Waals surface area contributed by atoms with E-state index in [1.165, 1.54) is 6.92 Å². The smallest absolute Gasteiger partial charge is 0.163 e. The number of carbonyl (C=O) groups is 1. The Morgan fingerprint density at radius 1 is 1.33 bits per heavy atom. The molecule has 2 aromatic rings. The molecule has 76 valence electrons. The van der Waals surface area contributed by atoms with E-state index in [1.807, 2.05) is 23.6 Å². The summed E-state index contributed by atoms with van der Waals surface area (Å²) in [5.41, 5.74) is 1.34. The number of Topliss-reactive ketones (excluding diaryl/α,β-unsaturated/α-hetero) is 1. The third-order valence-electron chi connectivity index (χ3n) is 2.18. The lowest BCUT2D eigenvalue weighted by Crippen LogP contribution is -1.92. The third kappa shape index (κ3) is 1.92. The van der Waals surface area contributed by atoms with E-state index in [0.717, 1.165) is 10.4 Å². The van der Waals surface area contributed by atoms with Gasteiger partial charge in [-0.15, -0.1) is 11.3 Å². The number of hydrogen-bond donors (Lipinski definition) is 1. The van der Waals surface area contributed by atoms with Crippen molar-refractivity contribution in [2.45, 2.75) is 6.92 Å². The van der Waals surface area contributed by atoms with Crippen LogP contribution in [-0.2, 0) is 0 Å². The fourth-order valence-electron chi connectivity index (χ4n) is 1.41. The molecule has 2 nitrogen and oxygen atoms in total. The minimum Gasteiger partial charge on any atom is -0.507 e. The highest BCUT2D eigenvalue weighted by Gasteiger charge is 2.08. The van der Waals surface area contributed by atoms with E-state index in [9.17, 15) is 9.90 Å². The van der Waals surface area contributed by atoms with E-state index in [1.54, 1.807) is 23.5 Å². The van der Waals surface area contributed by atoms with Gasteiger partial charge in [0.2, 0.25) is 0 Å². The Morgan fingerprint density at radius 2 is 2.13 bits per heavy atom. The lowest BCUT2D eigenvalue weighted by Gasteiger charge is -2.03. The van der Waals surface area contributed by atoms with Crippen molar-refractivity contribution in [2.75, 3.05) is 0 Å². The molecule has 1 aromatic heterocycles. The van der Waals surface area contributed by atoms with Crippen LogP contribution in [0.3, 0.4) is 0 Å². The monoisotopic (exact) mass is 218 g/mol. The van der Waals surface area contributed by atoms with Crippen LogP contribution in [0.2, 0.25) is 0 Å². The first kappa shape index (κ1) is 9.93. The lowest BCUT2D eigenvalue weighted by atomic mass is 10.1. The van der Waals surface area contributed by atoms with Gasteiger partial charge in [-0.2, -0.15) is 0 Å². The maximum absolute atomic E-state index is 11.2. The van der Waals surface area contributed by atoms with Gasteiger partial charge < -0.3 is 5.11 Å². The number of carbonyl (C=O) groups excluding carboxylic acids is 1. The zero-order chi connectivity index (χ0) is 10.8. The Labute approximate surface area is 91.8 Å². The highest BCUT2D eigenvalue weighted by molar-refractivity contribution is 7.13. The molecule has 15 heavy (non-hydrogen) atoms. The van der Waals surface area contributed by atoms with Crippen molar-refractivity contribution in [1.82, 2.24) is 0 Å². The van der Waals surface area contributed by atoms with Crippen LogP contribution in [-0.4, -0.2) is 10.9 Å². The second-order valence-electron chi connectivity index (χ2n) is 3.27. The Kier molecular flexibility index (Phi) is 2.56. The fraction of sp³-hybridized carbons (Fsp3) is 0.0833. The summed E-state index contributed by atoms with van der Waals surface area (Å²) in [6, 6.07) is 9.05. The maximum Gasteiger partial charge on any atom is 0.163 e. The number of phenolic OH excluding ortho intramolecular Hbond substituents is 1. The Morgan fingerprint density at radius 3 is 2.73 bits per heavy atom. The molecule has 0 unspecified atom stereocenters. The van der Waals surface area contributed by atoms with Gasteiger partial charge in [0.1, 0.15) is 5.75 Å². The van der Waals surface area contributed by atoms with Gasteiger partial charge in [-0.1, -0.05) is 6.07 Å². The van der Waals surface area contributed by atoms with Gasteiger partial charge in [0.15, 0.2) is 5.78 Å². The maximum atomic E-state index is 11.2. The number of thiophene rings is 1. The lowest BCUT2D eigenvalue weighted by molar-refractivity contribution is 0.101. The summed E-state index contributed by atoms with van der Waals surface area (Å²) in [6.45, 7) is 1.45. The van der Waals surface area contributed by atoms with Gasteiger partial charge in [-0.25, -0.2) is 0 Å². The second-order valence-corrected chi connectivity index (χ2v) is 4.21. The highest BCUT2D eigenvalue weighted by atomic mass is 32.1. The summed E-state index contributed by atoms with van der Waals surface area (Å²) in [5, 5.41) is 11.5. The normalized spacial score (nSPS) is 10.2. The molecule has 1 N–H and O–H groups in total. The van der Waals surface area contributed by atoms with Crippen molar-refractivity contribution < 1.29 is 9.90 Å². The molecule has 0 bridgehead atoms. The minimum atomic E-state index is -0.120. The van der Waals surface area contributed by atoms with Crippen LogP contribution in [0.4, 0.5) is 0 Å². The highest BCUT2D eigenvalue weighted by Crippen LogP contribution is 2.29. The SMILES string of the molecule is CC(=O)c1cc(-c2cccs2)ccc1O. The van der Waals surface area contributed by atoms with Crippen LogP contribution in [0.15, 0.2) is 35.7 Å². The van der Waals surface area contributed by atoms with E-state index in [4.69, 9.17) is 0 Å². The average molecular weight is 218 g/mol. The first-order valence-electron chi connectivity index (χ1n) is 4.56. The van der Waals surface area contributed by atoms with Crippen molar-refractivity contribution in [1.29, 1.82) is 0 Å². The van der Waals surface area contributed by atoms with Crippen molar-refractivity contribution in [2.24, 2.45) is 0 Å². The Hall–Kier alpha value is -1.61. The molecular formula is C12H10O2S. The van der Waals surface area contributed by atoms with Crippen molar-refractivity contribution in [3.05, 3.63) is 41.3 Å². The first-order chi connectivity index (χ1) is 7.18. The predicted molar refractivity (Wildman–Crippen MR) is 61.4 cm³/mol. The van der Waals surface area contributed by atoms with Gasteiger partial charge in [0.25, 0.3) is 0 Å². The molecule has 0 aliphatic heterocycles. The molecule has 1 aromatic carbocycles. The van der Waals surface area contributed by atoms with Crippen molar-refractivity contribution >= 4 is 17.1 Å². The van der Waals surface area contributed by atoms with E-state index >= 15 is 0 Å². The minimum absolute atomic E-state index is 0.0443. The van der Waals surface area contributed by atoms with Crippen molar-refractivity contribution in [3.63, 3.8) is 0 Å². The van der Waals surface area contributed by atoms with E-state index < -0.39 is 0 Å². The molecule has 2 rings (SSSR count). The fourth-order valence-corrected chi connectivity index (χ4v) is 2.14. The average Bonchev–Trinajstić information content (AvgIpc) is 2.71. The number of ketones is 1. The number of rotatable bonds is 2. The molecule has 0 amide bonds. The molecule has 0 aliphatic carbocycles. The van der Waals surface area contributed by atoms with Gasteiger partial charge in [-0.3, -0.25) is 4.79 Å². The molecule has 0 aliphatic rings. The van der Waals surface area contributed by atoms with Gasteiger partial charge in [0, 0.05) is 4.88 Å². The largest absolute Gasteiger partial charge is 0.507 e. The van der Waals surface area contributed by atoms with Gasteiger partial charge in [0.05, 0.1) is 5.56 Å². The number of aromatic hydroxyl groups is 1. The van der Waals surface area contributed by atoms with Gasteiger partial charge >= 0.3 is 0 Å². The van der Waals surface area contributed by atoms with Crippen LogP contribution >= 0.6 is 11.3 Å². The first-order valence-corrected chi connectivity index (χ1v) is 5.44. The molecule has 0 atom stereocenters. The third-order valence-corrected chi connectivity index (χ3v) is 3.10. The molecule has 0 fully saturated rings. The number of hydrogen-bond acceptors (Lipinski definition) is 3. The topological polar surface area (TPSA) is 37.3 Å². The van der Waals surface area contributed by atoms with Crippen LogP contribution < -0.4 is 0 Å². The van der Waals surface area contributed by atoms with Gasteiger partial charge in [-0.05, 0) is 42.1 Å². The van der Waals surface area contributed by atoms with Crippen molar-refractivity contribution in [3.8, 4) is 16.2 Å². The Bertz CT molecular complexity index is 486. The summed E-state index contributed by atoms with van der Waals surface area (Å²) in [4.78, 5) is 12.3. The van der Waals surface area contributed by atoms with Crippen LogP contribution in [0.25, 0.3) is 10.4 Å². The zero-order valence-electron chi connectivity index (χ0n) is 8.23. The predicted octanol–water partition coefficient (Wildman–Crippen LogP) is 3.32.